The Labute approximate surface area is 157 Å². The maximum Gasteiger partial charge on any atom is 0.433 e. The molecule has 0 saturated carbocycles. The van der Waals surface area contributed by atoms with Gasteiger partial charge in [0.25, 0.3) is 5.56 Å². The number of halogens is 4. The van der Waals surface area contributed by atoms with Crippen LogP contribution in [-0.4, -0.2) is 24.4 Å². The summed E-state index contributed by atoms with van der Waals surface area (Å²) in [4.78, 5) is 15.9. The summed E-state index contributed by atoms with van der Waals surface area (Å²) < 4.78 is 55.5. The molecule has 1 atom stereocenters. The van der Waals surface area contributed by atoms with Crippen LogP contribution in [0, 0.1) is 5.82 Å². The predicted octanol–water partition coefficient (Wildman–Crippen LogP) is 2.95. The van der Waals surface area contributed by atoms with Crippen molar-refractivity contribution in [3.05, 3.63) is 57.6 Å². The van der Waals surface area contributed by atoms with E-state index in [9.17, 15) is 27.5 Å². The van der Waals surface area contributed by atoms with Crippen molar-refractivity contribution in [2.75, 3.05) is 0 Å². The van der Waals surface area contributed by atoms with Gasteiger partial charge in [0.2, 0.25) is 0 Å². The molecular weight excluding hydrogens is 380 g/mol. The van der Waals surface area contributed by atoms with E-state index in [0.29, 0.717) is 0 Å². The van der Waals surface area contributed by atoms with E-state index < -0.39 is 28.8 Å². The number of aliphatic hydroxyl groups is 1. The van der Waals surface area contributed by atoms with Gasteiger partial charge in [-0.1, -0.05) is 13.0 Å². The van der Waals surface area contributed by atoms with Crippen LogP contribution in [0.2, 0.25) is 0 Å². The number of fused-ring (bicyclic) bond motifs is 1. The van der Waals surface area contributed by atoms with Gasteiger partial charge in [0.15, 0.2) is 11.3 Å². The van der Waals surface area contributed by atoms with Gasteiger partial charge in [-0.25, -0.2) is 4.39 Å². The van der Waals surface area contributed by atoms with E-state index in [1.807, 2.05) is 0 Å². The van der Waals surface area contributed by atoms with Gasteiger partial charge in [0.05, 0.1) is 11.1 Å². The first kappa shape index (κ1) is 20.0. The SMILES string of the molecule is CCn1cc(F)c2c(C(O)(CC)c3ccc(C(F)(F)F)nc3)n(C)nc2c1=O. The molecule has 3 aromatic heterocycles. The molecule has 0 aromatic carbocycles. The summed E-state index contributed by atoms with van der Waals surface area (Å²) in [5.41, 5.74) is -3.68. The second-order valence-corrected chi connectivity index (χ2v) is 6.41. The average molecular weight is 398 g/mol. The monoisotopic (exact) mass is 398 g/mol. The normalized spacial score (nSPS) is 14.4. The van der Waals surface area contributed by atoms with Crippen molar-refractivity contribution >= 4 is 10.9 Å². The lowest BCUT2D eigenvalue weighted by Gasteiger charge is -2.28. The molecule has 3 heterocycles. The second-order valence-electron chi connectivity index (χ2n) is 6.41. The van der Waals surface area contributed by atoms with E-state index in [-0.39, 0.29) is 35.1 Å². The predicted molar refractivity (Wildman–Crippen MR) is 93.1 cm³/mol. The number of hydrogen-bond acceptors (Lipinski definition) is 4. The van der Waals surface area contributed by atoms with Gasteiger partial charge >= 0.3 is 6.18 Å². The summed E-state index contributed by atoms with van der Waals surface area (Å²) in [6.07, 6.45) is -2.71. The van der Waals surface area contributed by atoms with Gasteiger partial charge in [0.1, 0.15) is 11.3 Å². The van der Waals surface area contributed by atoms with Crippen LogP contribution in [0.25, 0.3) is 10.9 Å². The Morgan fingerprint density at radius 3 is 2.39 bits per heavy atom. The molecule has 0 aliphatic heterocycles. The van der Waals surface area contributed by atoms with Crippen LogP contribution < -0.4 is 5.56 Å². The van der Waals surface area contributed by atoms with Crippen LogP contribution >= 0.6 is 0 Å². The Balaban J connectivity index is 2.28. The maximum absolute atomic E-state index is 14.8. The van der Waals surface area contributed by atoms with E-state index >= 15 is 0 Å². The molecule has 10 heteroatoms. The largest absolute Gasteiger partial charge is 0.433 e. The minimum absolute atomic E-state index is 0.00895. The van der Waals surface area contributed by atoms with Crippen LogP contribution in [0.15, 0.2) is 29.3 Å². The van der Waals surface area contributed by atoms with E-state index in [1.165, 1.54) is 11.7 Å². The maximum atomic E-state index is 14.8. The summed E-state index contributed by atoms with van der Waals surface area (Å²) in [5.74, 6) is -0.758. The molecular formula is C18H18F4N4O2. The third-order valence-corrected chi connectivity index (χ3v) is 4.79. The quantitative estimate of drug-likeness (QED) is 0.686. The van der Waals surface area contributed by atoms with E-state index in [0.717, 1.165) is 29.1 Å². The molecule has 3 rings (SSSR count). The topological polar surface area (TPSA) is 72.9 Å². The number of aryl methyl sites for hydroxylation is 2. The fourth-order valence-electron chi connectivity index (χ4n) is 3.32. The van der Waals surface area contributed by atoms with E-state index in [2.05, 4.69) is 10.1 Å². The van der Waals surface area contributed by atoms with Crippen molar-refractivity contribution in [1.82, 2.24) is 19.3 Å². The summed E-state index contributed by atoms with van der Waals surface area (Å²) in [7, 11) is 1.43. The number of nitrogens with zero attached hydrogens (tertiary/aromatic N) is 4. The molecule has 1 N–H and O–H groups in total. The zero-order valence-electron chi connectivity index (χ0n) is 15.4. The zero-order valence-corrected chi connectivity index (χ0v) is 15.4. The molecule has 3 aromatic rings. The van der Waals surface area contributed by atoms with E-state index in [1.54, 1.807) is 13.8 Å². The van der Waals surface area contributed by atoms with Gasteiger partial charge < -0.3 is 9.67 Å². The molecule has 150 valence electrons. The van der Waals surface area contributed by atoms with Crippen LogP contribution in [-0.2, 0) is 25.4 Å². The third kappa shape index (κ3) is 2.97. The lowest BCUT2D eigenvalue weighted by atomic mass is 9.87. The van der Waals surface area contributed by atoms with Crippen molar-refractivity contribution in [3.63, 3.8) is 0 Å². The highest BCUT2D eigenvalue weighted by atomic mass is 19.4. The highest BCUT2D eigenvalue weighted by molar-refractivity contribution is 5.82. The van der Waals surface area contributed by atoms with Gasteiger partial charge in [-0.3, -0.25) is 14.5 Å². The average Bonchev–Trinajstić information content (AvgIpc) is 3.02. The zero-order chi connectivity index (χ0) is 20.9. The molecule has 1 unspecified atom stereocenters. The molecule has 0 radical (unpaired) electrons. The molecule has 6 nitrogen and oxygen atoms in total. The van der Waals surface area contributed by atoms with Crippen LogP contribution in [0.3, 0.4) is 0 Å². The third-order valence-electron chi connectivity index (χ3n) is 4.79. The van der Waals surface area contributed by atoms with Gasteiger partial charge in [0, 0.05) is 31.5 Å². The van der Waals surface area contributed by atoms with Crippen LogP contribution in [0.5, 0.6) is 0 Å². The highest BCUT2D eigenvalue weighted by Crippen LogP contribution is 2.38. The summed E-state index contributed by atoms with van der Waals surface area (Å²) in [6, 6.07) is 1.83. The van der Waals surface area contributed by atoms with Crippen molar-refractivity contribution in [3.8, 4) is 0 Å². The Morgan fingerprint density at radius 1 is 1.21 bits per heavy atom. The van der Waals surface area contributed by atoms with Crippen LogP contribution in [0.4, 0.5) is 17.6 Å². The number of pyridine rings is 2. The summed E-state index contributed by atoms with van der Waals surface area (Å²) in [5, 5.41) is 15.2. The van der Waals surface area contributed by atoms with E-state index in [4.69, 9.17) is 0 Å². The van der Waals surface area contributed by atoms with Gasteiger partial charge in [-0.15, -0.1) is 0 Å². The Kier molecular flexibility index (Phi) is 4.78. The van der Waals surface area contributed by atoms with Gasteiger partial charge in [-0.05, 0) is 19.4 Å². The van der Waals surface area contributed by atoms with Crippen molar-refractivity contribution in [2.45, 2.75) is 38.6 Å². The smallest absolute Gasteiger partial charge is 0.379 e. The number of hydrogen-bond donors (Lipinski definition) is 1. The first-order valence-corrected chi connectivity index (χ1v) is 8.56. The number of alkyl halides is 3. The lowest BCUT2D eigenvalue weighted by molar-refractivity contribution is -0.141. The highest BCUT2D eigenvalue weighted by Gasteiger charge is 2.38. The molecule has 28 heavy (non-hydrogen) atoms. The standard InChI is InChI=1S/C18H18F4N4O2/c1-4-17(28,10-6-7-12(23-8-10)18(20,21)22)15-13-11(19)9-26(5-2)16(27)14(13)24-25(15)3/h6-9,28H,4-5H2,1-3H3. The summed E-state index contributed by atoms with van der Waals surface area (Å²) >= 11 is 0. The van der Waals surface area contributed by atoms with Crippen molar-refractivity contribution < 1.29 is 22.7 Å². The molecule has 0 bridgehead atoms. The first-order valence-electron chi connectivity index (χ1n) is 8.56. The van der Waals surface area contributed by atoms with Crippen molar-refractivity contribution in [2.24, 2.45) is 7.05 Å². The Bertz CT molecular complexity index is 1090. The Morgan fingerprint density at radius 2 is 1.89 bits per heavy atom. The number of rotatable bonds is 4. The molecule has 0 fully saturated rings. The molecule has 0 saturated heterocycles. The molecule has 0 aliphatic carbocycles. The minimum Gasteiger partial charge on any atom is -0.379 e. The molecule has 0 aliphatic rings. The first-order chi connectivity index (χ1) is 13.0. The molecule has 0 amide bonds. The minimum atomic E-state index is -4.63. The fourth-order valence-corrected chi connectivity index (χ4v) is 3.32. The summed E-state index contributed by atoms with van der Waals surface area (Å²) in [6.45, 7) is 3.49. The lowest BCUT2D eigenvalue weighted by Crippen LogP contribution is -2.30. The molecule has 0 spiro atoms. The second kappa shape index (κ2) is 6.69. The van der Waals surface area contributed by atoms with Crippen LogP contribution in [0.1, 0.15) is 37.2 Å². The number of aromatic nitrogens is 4. The van der Waals surface area contributed by atoms with Crippen molar-refractivity contribution in [1.29, 1.82) is 0 Å². The fraction of sp³-hybridized carbons (Fsp3) is 0.389. The van der Waals surface area contributed by atoms with Gasteiger partial charge in [-0.2, -0.15) is 18.3 Å². The Hall–Kier alpha value is -2.75.